The van der Waals surface area contributed by atoms with Crippen LogP contribution in [0.15, 0.2) is 12.1 Å². The number of ether oxygens (including phenoxy) is 1. The number of aliphatic carboxylic acids is 1. The van der Waals surface area contributed by atoms with Crippen molar-refractivity contribution >= 4 is 5.97 Å². The molecule has 16 heavy (non-hydrogen) atoms. The molecule has 1 aromatic rings. The lowest BCUT2D eigenvalue weighted by molar-refractivity contribution is -0.147. The number of carbonyl (C=O) groups is 1. The molecule has 0 aromatic heterocycles. The van der Waals surface area contributed by atoms with Gasteiger partial charge in [0.25, 0.3) is 0 Å². The molecule has 1 atom stereocenters. The monoisotopic (exact) mass is 225 g/mol. The van der Waals surface area contributed by atoms with Crippen molar-refractivity contribution in [3.8, 4) is 11.8 Å². The molecule has 0 saturated heterocycles. The Morgan fingerprint density at radius 3 is 2.69 bits per heavy atom. The van der Waals surface area contributed by atoms with Crippen molar-refractivity contribution in [1.82, 2.24) is 0 Å². The number of aliphatic hydroxyl groups is 1. The van der Waals surface area contributed by atoms with Gasteiger partial charge in [0.2, 0.25) is 0 Å². The first-order valence-corrected chi connectivity index (χ1v) is 4.19. The van der Waals surface area contributed by atoms with E-state index in [-0.39, 0.29) is 16.9 Å². The highest BCUT2D eigenvalue weighted by Gasteiger charge is 2.23. The topological polar surface area (TPSA) is 90.5 Å². The van der Waals surface area contributed by atoms with Gasteiger partial charge in [-0.25, -0.2) is 9.18 Å². The Labute approximate surface area is 90.3 Å². The molecule has 2 N–H and O–H groups in total. The van der Waals surface area contributed by atoms with Crippen molar-refractivity contribution in [2.45, 2.75) is 6.10 Å². The van der Waals surface area contributed by atoms with Gasteiger partial charge in [0.15, 0.2) is 6.10 Å². The summed E-state index contributed by atoms with van der Waals surface area (Å²) >= 11 is 0. The number of hydrogen-bond acceptors (Lipinski definition) is 4. The zero-order chi connectivity index (χ0) is 12.3. The van der Waals surface area contributed by atoms with E-state index in [0.717, 1.165) is 12.1 Å². The van der Waals surface area contributed by atoms with Gasteiger partial charge in [0.1, 0.15) is 17.6 Å². The van der Waals surface area contributed by atoms with Crippen molar-refractivity contribution in [3.63, 3.8) is 0 Å². The summed E-state index contributed by atoms with van der Waals surface area (Å²) in [5.41, 5.74) is -0.454. The summed E-state index contributed by atoms with van der Waals surface area (Å²) in [6.45, 7) is 0. The van der Waals surface area contributed by atoms with Crippen LogP contribution in [0.25, 0.3) is 0 Å². The first kappa shape index (κ1) is 11.9. The number of aliphatic hydroxyl groups excluding tert-OH is 1. The number of nitrogens with zero attached hydrogens (tertiary/aromatic N) is 1. The third-order valence-electron chi connectivity index (χ3n) is 1.94. The quantitative estimate of drug-likeness (QED) is 0.794. The molecular weight excluding hydrogens is 217 g/mol. The van der Waals surface area contributed by atoms with Gasteiger partial charge in [0.05, 0.1) is 12.7 Å². The van der Waals surface area contributed by atoms with Gasteiger partial charge in [-0.2, -0.15) is 5.26 Å². The zero-order valence-electron chi connectivity index (χ0n) is 8.27. The summed E-state index contributed by atoms with van der Waals surface area (Å²) in [7, 11) is 1.20. The van der Waals surface area contributed by atoms with Crippen LogP contribution >= 0.6 is 0 Å². The molecule has 6 heteroatoms. The molecule has 0 aliphatic carbocycles. The van der Waals surface area contributed by atoms with Gasteiger partial charge in [-0.15, -0.1) is 0 Å². The summed E-state index contributed by atoms with van der Waals surface area (Å²) in [4.78, 5) is 10.6. The number of rotatable bonds is 3. The van der Waals surface area contributed by atoms with E-state index >= 15 is 0 Å². The highest BCUT2D eigenvalue weighted by atomic mass is 19.1. The van der Waals surface area contributed by atoms with E-state index in [0.29, 0.717) is 0 Å². The second-order valence-corrected chi connectivity index (χ2v) is 2.93. The first-order chi connectivity index (χ1) is 7.51. The van der Waals surface area contributed by atoms with Crippen LogP contribution in [0.5, 0.6) is 5.75 Å². The van der Waals surface area contributed by atoms with Crippen LogP contribution in [0.4, 0.5) is 4.39 Å². The maximum Gasteiger partial charge on any atom is 0.337 e. The molecule has 84 valence electrons. The molecule has 1 aromatic carbocycles. The number of halogens is 1. The van der Waals surface area contributed by atoms with E-state index in [4.69, 9.17) is 15.1 Å². The predicted molar refractivity (Wildman–Crippen MR) is 50.3 cm³/mol. The summed E-state index contributed by atoms with van der Waals surface area (Å²) in [6, 6.07) is 3.37. The van der Waals surface area contributed by atoms with E-state index in [9.17, 15) is 14.3 Å². The minimum atomic E-state index is -1.93. The van der Waals surface area contributed by atoms with Gasteiger partial charge in [-0.05, 0) is 12.1 Å². The number of nitriles is 1. The molecule has 1 rings (SSSR count). The van der Waals surface area contributed by atoms with Gasteiger partial charge < -0.3 is 14.9 Å². The highest BCUT2D eigenvalue weighted by Crippen LogP contribution is 2.30. The minimum Gasteiger partial charge on any atom is -0.495 e. The number of hydrogen-bond donors (Lipinski definition) is 2. The third-order valence-corrected chi connectivity index (χ3v) is 1.94. The second-order valence-electron chi connectivity index (χ2n) is 2.93. The molecule has 0 amide bonds. The van der Waals surface area contributed by atoms with E-state index < -0.39 is 17.9 Å². The largest absolute Gasteiger partial charge is 0.495 e. The lowest BCUT2D eigenvalue weighted by atomic mass is 10.0. The van der Waals surface area contributed by atoms with Crippen LogP contribution in [0.1, 0.15) is 17.2 Å². The number of methoxy groups -OCH3 is 1. The Kier molecular flexibility index (Phi) is 3.43. The van der Waals surface area contributed by atoms with Gasteiger partial charge in [-0.1, -0.05) is 0 Å². The summed E-state index contributed by atoms with van der Waals surface area (Å²) in [5, 5.41) is 26.6. The molecule has 0 heterocycles. The molecule has 0 bridgehead atoms. The van der Waals surface area contributed by atoms with Crippen molar-refractivity contribution < 1.29 is 24.1 Å². The van der Waals surface area contributed by atoms with Gasteiger partial charge in [-0.3, -0.25) is 0 Å². The standard InChI is InChI=1S/C10H8FNO4/c1-16-9-5(4-12)2-6(11)3-7(9)8(13)10(14)15/h2-3,8,13H,1H3,(H,14,15). The van der Waals surface area contributed by atoms with Gasteiger partial charge >= 0.3 is 5.97 Å². The van der Waals surface area contributed by atoms with Crippen molar-refractivity contribution in [2.75, 3.05) is 7.11 Å². The normalized spacial score (nSPS) is 11.6. The fourth-order valence-electron chi connectivity index (χ4n) is 1.26. The Morgan fingerprint density at radius 1 is 1.62 bits per heavy atom. The fraction of sp³-hybridized carbons (Fsp3) is 0.200. The van der Waals surface area contributed by atoms with Crippen LogP contribution in [0.3, 0.4) is 0 Å². The zero-order valence-corrected chi connectivity index (χ0v) is 8.27. The maximum absolute atomic E-state index is 13.0. The number of carboxylic acids is 1. The third kappa shape index (κ3) is 2.10. The van der Waals surface area contributed by atoms with Crippen LogP contribution in [-0.2, 0) is 4.79 Å². The van der Waals surface area contributed by atoms with Crippen molar-refractivity contribution in [1.29, 1.82) is 5.26 Å². The minimum absolute atomic E-state index is 0.140. The van der Waals surface area contributed by atoms with E-state index in [2.05, 4.69) is 0 Å². The van der Waals surface area contributed by atoms with Crippen LogP contribution in [0, 0.1) is 17.1 Å². The molecule has 0 spiro atoms. The van der Waals surface area contributed by atoms with Crippen molar-refractivity contribution in [3.05, 3.63) is 29.1 Å². The lowest BCUT2D eigenvalue weighted by Gasteiger charge is -2.12. The Bertz CT molecular complexity index is 467. The van der Waals surface area contributed by atoms with Gasteiger partial charge in [0, 0.05) is 5.56 Å². The van der Waals surface area contributed by atoms with Crippen LogP contribution in [0.2, 0.25) is 0 Å². The summed E-state index contributed by atoms with van der Waals surface area (Å²) in [6.07, 6.45) is -1.93. The highest BCUT2D eigenvalue weighted by molar-refractivity contribution is 5.75. The molecular formula is C10H8FNO4. The predicted octanol–water partition coefficient (Wildman–Crippen LogP) is 0.824. The SMILES string of the molecule is COc1c(C#N)cc(F)cc1C(O)C(=O)O. The molecule has 5 nitrogen and oxygen atoms in total. The van der Waals surface area contributed by atoms with Crippen LogP contribution in [-0.4, -0.2) is 23.3 Å². The average Bonchev–Trinajstić information content (AvgIpc) is 2.26. The average molecular weight is 225 g/mol. The number of benzene rings is 1. The summed E-state index contributed by atoms with van der Waals surface area (Å²) < 4.78 is 17.8. The second kappa shape index (κ2) is 4.59. The summed E-state index contributed by atoms with van der Waals surface area (Å²) in [5.74, 6) is -2.50. The van der Waals surface area contributed by atoms with E-state index in [1.807, 2.05) is 0 Å². The Morgan fingerprint density at radius 2 is 2.25 bits per heavy atom. The molecule has 0 aliphatic heterocycles. The molecule has 0 saturated carbocycles. The smallest absolute Gasteiger partial charge is 0.337 e. The number of carboxylic acid groups (broad SMARTS) is 1. The van der Waals surface area contributed by atoms with E-state index in [1.54, 1.807) is 6.07 Å². The molecule has 0 radical (unpaired) electrons. The fourth-order valence-corrected chi connectivity index (χ4v) is 1.26. The Balaban J connectivity index is 3.43. The van der Waals surface area contributed by atoms with Crippen LogP contribution < -0.4 is 4.74 Å². The molecule has 1 unspecified atom stereocenters. The molecule has 0 aliphatic rings. The molecule has 0 fully saturated rings. The van der Waals surface area contributed by atoms with E-state index in [1.165, 1.54) is 7.11 Å². The Hall–Kier alpha value is -2.13. The lowest BCUT2D eigenvalue weighted by Crippen LogP contribution is -2.12. The first-order valence-electron chi connectivity index (χ1n) is 4.19. The maximum atomic E-state index is 13.0. The van der Waals surface area contributed by atoms with Crippen molar-refractivity contribution in [2.24, 2.45) is 0 Å².